The molecule has 0 aromatic carbocycles. The maximum atomic E-state index is 11.8. The number of carbonyl (C=O) groups excluding carboxylic acids is 2. The van der Waals surface area contributed by atoms with Gasteiger partial charge in [-0.05, 0) is 12.5 Å². The minimum absolute atomic E-state index is 0.0850. The van der Waals surface area contributed by atoms with Crippen LogP contribution in [0.2, 0.25) is 0 Å². The first-order valence-electron chi connectivity index (χ1n) is 5.02. The van der Waals surface area contributed by atoms with Gasteiger partial charge in [-0.15, -0.1) is 0 Å². The Balaban J connectivity index is 2.31. The second-order valence-corrected chi connectivity index (χ2v) is 6.16. The average Bonchev–Trinajstić information content (AvgIpc) is 2.24. The van der Waals surface area contributed by atoms with Crippen LogP contribution in [0.5, 0.6) is 0 Å². The lowest BCUT2D eigenvalue weighted by atomic mass is 10.0. The Labute approximate surface area is 99.6 Å². The van der Waals surface area contributed by atoms with E-state index in [0.717, 1.165) is 23.3 Å². The van der Waals surface area contributed by atoms with E-state index in [1.54, 1.807) is 4.90 Å². The molecular formula is C10H15N2O2PS. The predicted molar refractivity (Wildman–Crippen MR) is 70.2 cm³/mol. The third-order valence-electron chi connectivity index (χ3n) is 3.13. The maximum Gasteiger partial charge on any atom is 0.248 e. The standard InChI is InChI=1S/C10H15N2O2PS/c1-6-7(3-4-13)5-16(2)10-8(11-15)9(14)12(6)10/h4,8,10-11H,2-3,5,15H2,1H3. The largest absolute Gasteiger partial charge is 0.303 e. The summed E-state index contributed by atoms with van der Waals surface area (Å²) >= 11 is 0. The van der Waals surface area contributed by atoms with Gasteiger partial charge in [-0.2, -0.15) is 10.5 Å². The van der Waals surface area contributed by atoms with Gasteiger partial charge in [-0.25, -0.2) is 0 Å². The molecule has 4 unspecified atom stereocenters. The molecule has 0 saturated carbocycles. The first-order valence-corrected chi connectivity index (χ1v) is 7.23. The van der Waals surface area contributed by atoms with E-state index in [0.29, 0.717) is 6.42 Å². The summed E-state index contributed by atoms with van der Waals surface area (Å²) < 4.78 is 0. The molecule has 0 aromatic heterocycles. The zero-order valence-electron chi connectivity index (χ0n) is 9.10. The molecule has 1 N–H and O–H groups in total. The van der Waals surface area contributed by atoms with Gasteiger partial charge in [0, 0.05) is 17.9 Å². The van der Waals surface area contributed by atoms with Crippen molar-refractivity contribution >= 4 is 37.9 Å². The fourth-order valence-electron chi connectivity index (χ4n) is 2.21. The summed E-state index contributed by atoms with van der Waals surface area (Å²) in [5, 5.41) is 3.12. The Kier molecular flexibility index (Phi) is 3.29. The lowest BCUT2D eigenvalue weighted by Crippen LogP contribution is -2.67. The highest BCUT2D eigenvalue weighted by Gasteiger charge is 2.50. The number of nitrogens with one attached hydrogen (secondary N) is 1. The average molecular weight is 258 g/mol. The van der Waals surface area contributed by atoms with Crippen LogP contribution < -0.4 is 5.09 Å². The normalized spacial score (nSPS) is 33.5. The molecular weight excluding hydrogens is 243 g/mol. The number of aldehydes is 1. The fourth-order valence-corrected chi connectivity index (χ4v) is 4.76. The van der Waals surface area contributed by atoms with E-state index in [-0.39, 0.29) is 27.8 Å². The van der Waals surface area contributed by atoms with Crippen LogP contribution in [-0.4, -0.2) is 40.1 Å². The summed E-state index contributed by atoms with van der Waals surface area (Å²) in [6, 6.07) is -0.126. The number of β-lactam (4-membered cyclic amide) rings is 1. The van der Waals surface area contributed by atoms with Gasteiger partial charge < -0.3 is 9.69 Å². The van der Waals surface area contributed by atoms with Crippen LogP contribution in [-0.2, 0) is 9.59 Å². The molecule has 2 aliphatic rings. The topological polar surface area (TPSA) is 49.4 Å². The van der Waals surface area contributed by atoms with E-state index in [9.17, 15) is 9.59 Å². The molecule has 0 spiro atoms. The summed E-state index contributed by atoms with van der Waals surface area (Å²) in [6.07, 6.45) is 1.31. The van der Waals surface area contributed by atoms with Crippen molar-refractivity contribution in [3.8, 4) is 0 Å². The van der Waals surface area contributed by atoms with Crippen molar-refractivity contribution in [1.82, 2.24) is 9.99 Å². The molecule has 6 heteroatoms. The van der Waals surface area contributed by atoms with Crippen LogP contribution in [0.4, 0.5) is 0 Å². The molecule has 88 valence electrons. The summed E-state index contributed by atoms with van der Waals surface area (Å²) in [6.45, 7) is 1.92. The second kappa shape index (κ2) is 4.40. The summed E-state index contributed by atoms with van der Waals surface area (Å²) in [7, 11) is 2.27. The first kappa shape index (κ1) is 12.0. The Morgan fingerprint density at radius 1 is 1.75 bits per heavy atom. The van der Waals surface area contributed by atoms with Crippen LogP contribution in [0.1, 0.15) is 13.3 Å². The first-order chi connectivity index (χ1) is 7.61. The van der Waals surface area contributed by atoms with Gasteiger partial charge in [0.05, 0.1) is 0 Å². The molecule has 1 fully saturated rings. The van der Waals surface area contributed by atoms with Gasteiger partial charge in [0.15, 0.2) is 0 Å². The van der Waals surface area contributed by atoms with Crippen molar-refractivity contribution in [3.63, 3.8) is 0 Å². The lowest BCUT2D eigenvalue weighted by Gasteiger charge is -2.51. The van der Waals surface area contributed by atoms with E-state index < -0.39 is 0 Å². The predicted octanol–water partition coefficient (Wildman–Crippen LogP) is 0.480. The van der Waals surface area contributed by atoms with Crippen molar-refractivity contribution in [2.75, 3.05) is 5.75 Å². The summed E-state index contributed by atoms with van der Waals surface area (Å²) in [5.41, 5.74) is 2.01. The van der Waals surface area contributed by atoms with Crippen LogP contribution in [0.15, 0.2) is 11.3 Å². The molecule has 4 nitrogen and oxygen atoms in total. The minimum atomic E-state index is -0.126. The fraction of sp³-hybridized carbons (Fsp3) is 0.500. The zero-order chi connectivity index (χ0) is 11.9. The lowest BCUT2D eigenvalue weighted by molar-refractivity contribution is -0.142. The molecule has 2 aliphatic heterocycles. The second-order valence-electron chi connectivity index (χ2n) is 3.98. The van der Waals surface area contributed by atoms with Gasteiger partial charge in [-0.1, -0.05) is 15.3 Å². The summed E-state index contributed by atoms with van der Waals surface area (Å²) in [4.78, 5) is 24.2. The van der Waals surface area contributed by atoms with E-state index in [2.05, 4.69) is 20.3 Å². The SMILES string of the molecule is C=S1CC(CC=O)=C(C)N2C(=O)C(NP)C21. The Hall–Kier alpha value is -0.510. The number of nitrogens with zero attached hydrogens (tertiary/aromatic N) is 1. The van der Waals surface area contributed by atoms with E-state index in [1.165, 1.54) is 0 Å². The van der Waals surface area contributed by atoms with Gasteiger partial charge in [0.2, 0.25) is 5.91 Å². The molecule has 4 atom stereocenters. The molecule has 0 radical (unpaired) electrons. The van der Waals surface area contributed by atoms with Crippen molar-refractivity contribution in [3.05, 3.63) is 11.3 Å². The highest BCUT2D eigenvalue weighted by Crippen LogP contribution is 2.43. The molecule has 1 amide bonds. The van der Waals surface area contributed by atoms with Crippen molar-refractivity contribution in [2.45, 2.75) is 24.8 Å². The number of allylic oxidation sites excluding steroid dienone is 1. The molecule has 16 heavy (non-hydrogen) atoms. The van der Waals surface area contributed by atoms with E-state index in [1.807, 2.05) is 6.92 Å². The number of carbonyl (C=O) groups is 2. The smallest absolute Gasteiger partial charge is 0.248 e. The molecule has 0 bridgehead atoms. The van der Waals surface area contributed by atoms with Crippen molar-refractivity contribution < 1.29 is 9.59 Å². The minimum Gasteiger partial charge on any atom is -0.303 e. The molecule has 1 saturated heterocycles. The highest BCUT2D eigenvalue weighted by molar-refractivity contribution is 8.15. The Morgan fingerprint density at radius 3 is 3.00 bits per heavy atom. The zero-order valence-corrected chi connectivity index (χ0v) is 11.1. The maximum absolute atomic E-state index is 11.8. The third kappa shape index (κ3) is 1.58. The monoisotopic (exact) mass is 258 g/mol. The van der Waals surface area contributed by atoms with Crippen molar-refractivity contribution in [2.24, 2.45) is 0 Å². The van der Waals surface area contributed by atoms with Gasteiger partial charge >= 0.3 is 0 Å². The molecule has 0 aromatic rings. The van der Waals surface area contributed by atoms with Gasteiger partial charge in [-0.3, -0.25) is 9.88 Å². The Morgan fingerprint density at radius 2 is 2.44 bits per heavy atom. The van der Waals surface area contributed by atoms with Gasteiger partial charge in [0.1, 0.15) is 17.7 Å². The molecule has 2 rings (SSSR count). The third-order valence-corrected chi connectivity index (χ3v) is 5.37. The number of hydrogen-bond donors (Lipinski definition) is 1. The van der Waals surface area contributed by atoms with E-state index in [4.69, 9.17) is 0 Å². The van der Waals surface area contributed by atoms with E-state index >= 15 is 0 Å². The van der Waals surface area contributed by atoms with Crippen LogP contribution in [0.3, 0.4) is 0 Å². The summed E-state index contributed by atoms with van der Waals surface area (Å²) in [5.74, 6) is 5.03. The van der Waals surface area contributed by atoms with Crippen LogP contribution >= 0.6 is 19.9 Å². The molecule has 0 aliphatic carbocycles. The van der Waals surface area contributed by atoms with Crippen LogP contribution in [0, 0.1) is 0 Å². The number of amides is 1. The number of fused-ring (bicyclic) bond motifs is 1. The number of rotatable bonds is 3. The number of hydrogen-bond acceptors (Lipinski definition) is 3. The Bertz CT molecular complexity index is 408. The van der Waals surface area contributed by atoms with Crippen molar-refractivity contribution in [1.29, 1.82) is 0 Å². The molecule has 2 heterocycles. The highest BCUT2D eigenvalue weighted by atomic mass is 32.2. The van der Waals surface area contributed by atoms with Crippen LogP contribution in [0.25, 0.3) is 0 Å². The quantitative estimate of drug-likeness (QED) is 0.347. The van der Waals surface area contributed by atoms with Gasteiger partial charge in [0.25, 0.3) is 0 Å².